The van der Waals surface area contributed by atoms with E-state index in [0.717, 1.165) is 62.5 Å². The molecule has 0 bridgehead atoms. The normalized spacial score (nSPS) is 12.2. The van der Waals surface area contributed by atoms with Gasteiger partial charge in [-0.15, -0.1) is 0 Å². The minimum atomic E-state index is -4.04. The number of esters is 1. The molecule has 0 fully saturated rings. The number of hydrogen-bond donors (Lipinski definition) is 0. The number of carbonyl (C=O) groups excluding carboxylic acids is 1. The van der Waals surface area contributed by atoms with Gasteiger partial charge in [0.2, 0.25) is 0 Å². The van der Waals surface area contributed by atoms with Gasteiger partial charge in [-0.1, -0.05) is 32.3 Å². The van der Waals surface area contributed by atoms with Crippen LogP contribution in [0.3, 0.4) is 0 Å². The second kappa shape index (κ2) is 12.4. The predicted molar refractivity (Wildman–Crippen MR) is 99.1 cm³/mol. The van der Waals surface area contributed by atoms with E-state index >= 15 is 0 Å². The number of unbranched alkanes of at least 4 members (excludes halogenated alkanes) is 6. The highest BCUT2D eigenvalue weighted by Crippen LogP contribution is 2.10. The molecule has 0 N–H and O–H groups in total. The van der Waals surface area contributed by atoms with Gasteiger partial charge in [-0.25, -0.2) is 13.2 Å². The summed E-state index contributed by atoms with van der Waals surface area (Å²) in [4.78, 5) is 11.3. The number of carbonyl (C=O) groups is 1. The third-order valence-corrected chi connectivity index (χ3v) is 4.94. The number of rotatable bonds is 15. The van der Waals surface area contributed by atoms with Gasteiger partial charge >= 0.3 is 5.97 Å². The molecule has 0 saturated carbocycles. The maximum Gasteiger partial charge on any atom is 0.333 e. The van der Waals surface area contributed by atoms with Crippen LogP contribution < -0.4 is 0 Å². The molecule has 148 valence electrons. The lowest BCUT2D eigenvalue weighted by molar-refractivity contribution is -0.890. The zero-order valence-corrected chi connectivity index (χ0v) is 16.9. The van der Waals surface area contributed by atoms with E-state index in [2.05, 4.69) is 20.7 Å². The van der Waals surface area contributed by atoms with Gasteiger partial charge in [-0.05, 0) is 26.2 Å². The highest BCUT2D eigenvalue weighted by atomic mass is 32.2. The first-order valence-corrected chi connectivity index (χ1v) is 10.7. The third kappa shape index (κ3) is 16.3. The van der Waals surface area contributed by atoms with Crippen LogP contribution in [0.5, 0.6) is 0 Å². The van der Waals surface area contributed by atoms with E-state index in [1.54, 1.807) is 6.92 Å². The zero-order valence-electron chi connectivity index (χ0n) is 16.1. The fourth-order valence-electron chi connectivity index (χ4n) is 2.60. The molecule has 0 amide bonds. The van der Waals surface area contributed by atoms with Crippen molar-refractivity contribution >= 4 is 16.1 Å². The molecule has 0 aromatic rings. The Morgan fingerprint density at radius 2 is 1.44 bits per heavy atom. The first kappa shape index (κ1) is 24.1. The largest absolute Gasteiger partial charge is 0.748 e. The summed E-state index contributed by atoms with van der Waals surface area (Å²) < 4.78 is 37.4. The summed E-state index contributed by atoms with van der Waals surface area (Å²) >= 11 is 0. The van der Waals surface area contributed by atoms with Gasteiger partial charge in [-0.3, -0.25) is 0 Å². The van der Waals surface area contributed by atoms with Crippen LogP contribution in [0.25, 0.3) is 0 Å². The molecule has 25 heavy (non-hydrogen) atoms. The van der Waals surface area contributed by atoms with E-state index in [4.69, 9.17) is 4.74 Å². The lowest BCUT2D eigenvalue weighted by Crippen LogP contribution is -2.41. The first-order valence-electron chi connectivity index (χ1n) is 9.12. The lowest BCUT2D eigenvalue weighted by atomic mass is 10.1. The molecule has 0 aliphatic carbocycles. The fourth-order valence-corrected chi connectivity index (χ4v) is 3.15. The number of quaternary nitrogens is 1. The average Bonchev–Trinajstić information content (AvgIpc) is 2.48. The Morgan fingerprint density at radius 3 is 1.96 bits per heavy atom. The van der Waals surface area contributed by atoms with E-state index in [9.17, 15) is 17.8 Å². The Balaban J connectivity index is 3.56. The first-order chi connectivity index (χ1) is 11.5. The van der Waals surface area contributed by atoms with Crippen molar-refractivity contribution in [2.24, 2.45) is 0 Å². The van der Waals surface area contributed by atoms with E-state index in [0.29, 0.717) is 18.6 Å². The van der Waals surface area contributed by atoms with Crippen molar-refractivity contribution in [3.8, 4) is 0 Å². The summed E-state index contributed by atoms with van der Waals surface area (Å²) in [7, 11) is 0.324. The molecule has 6 nitrogen and oxygen atoms in total. The van der Waals surface area contributed by atoms with E-state index in [1.807, 2.05) is 0 Å². The number of ether oxygens (including phenoxy) is 1. The molecule has 0 radical (unpaired) electrons. The van der Waals surface area contributed by atoms with Crippen LogP contribution in [0.15, 0.2) is 12.2 Å². The van der Waals surface area contributed by atoms with Crippen LogP contribution in [-0.2, 0) is 19.6 Å². The van der Waals surface area contributed by atoms with Gasteiger partial charge in [-0.2, -0.15) is 0 Å². The summed E-state index contributed by atoms with van der Waals surface area (Å²) in [6.45, 7) is 7.69. The van der Waals surface area contributed by atoms with Crippen LogP contribution in [0.1, 0.15) is 58.3 Å². The molecular formula is C18H35NO5S. The summed E-state index contributed by atoms with van der Waals surface area (Å²) in [6.07, 6.45) is 7.65. The Labute approximate surface area is 153 Å². The van der Waals surface area contributed by atoms with E-state index < -0.39 is 10.1 Å². The quantitative estimate of drug-likeness (QED) is 0.144. The van der Waals surface area contributed by atoms with Gasteiger partial charge < -0.3 is 13.8 Å². The minimum absolute atomic E-state index is 0.236. The standard InChI is InChI=1S/C18H35NO5S/c1-17(2)18(20)24-15-12-14-19(3,4)13-10-8-6-5-7-9-11-16-25(21,22)23/h1,5-16H2,2-4H3. The number of hydrogen-bond acceptors (Lipinski definition) is 5. The Bertz CT molecular complexity index is 500. The third-order valence-electron chi connectivity index (χ3n) is 4.15. The molecule has 0 aromatic carbocycles. The van der Waals surface area contributed by atoms with Gasteiger partial charge in [0, 0.05) is 17.7 Å². The van der Waals surface area contributed by atoms with Crippen LogP contribution in [0, 0.1) is 0 Å². The average molecular weight is 378 g/mol. The lowest BCUT2D eigenvalue weighted by Gasteiger charge is -2.29. The maximum absolute atomic E-state index is 11.3. The van der Waals surface area contributed by atoms with Crippen molar-refractivity contribution in [2.75, 3.05) is 39.5 Å². The molecule has 0 unspecified atom stereocenters. The van der Waals surface area contributed by atoms with Gasteiger partial charge in [0.1, 0.15) is 0 Å². The number of nitrogens with zero attached hydrogens (tertiary/aromatic N) is 1. The van der Waals surface area contributed by atoms with Gasteiger partial charge in [0.15, 0.2) is 0 Å². The highest BCUT2D eigenvalue weighted by molar-refractivity contribution is 7.85. The molecule has 0 aliphatic heterocycles. The maximum atomic E-state index is 11.3. The summed E-state index contributed by atoms with van der Waals surface area (Å²) in [6, 6.07) is 0. The predicted octanol–water partition coefficient (Wildman–Crippen LogP) is 2.85. The fraction of sp³-hybridized carbons (Fsp3) is 0.833. The van der Waals surface area contributed by atoms with Crippen LogP contribution >= 0.6 is 0 Å². The highest BCUT2D eigenvalue weighted by Gasteiger charge is 2.14. The molecule has 0 rings (SSSR count). The van der Waals surface area contributed by atoms with Crippen LogP contribution in [0.4, 0.5) is 0 Å². The second-order valence-corrected chi connectivity index (χ2v) is 8.91. The van der Waals surface area contributed by atoms with E-state index in [-0.39, 0.29) is 11.7 Å². The van der Waals surface area contributed by atoms with Crippen LogP contribution in [0.2, 0.25) is 0 Å². The van der Waals surface area contributed by atoms with Crippen molar-refractivity contribution in [1.29, 1.82) is 0 Å². The van der Waals surface area contributed by atoms with Crippen molar-refractivity contribution in [3.63, 3.8) is 0 Å². The minimum Gasteiger partial charge on any atom is -0.748 e. The Kier molecular flexibility index (Phi) is 12.0. The van der Waals surface area contributed by atoms with Crippen molar-refractivity contribution in [3.05, 3.63) is 12.2 Å². The summed E-state index contributed by atoms with van der Waals surface area (Å²) in [5.74, 6) is -0.557. The Hall–Kier alpha value is -0.920. The van der Waals surface area contributed by atoms with Gasteiger partial charge in [0.25, 0.3) is 0 Å². The van der Waals surface area contributed by atoms with Crippen molar-refractivity contribution in [2.45, 2.75) is 58.3 Å². The molecule has 0 aromatic heterocycles. The molecule has 7 heteroatoms. The molecule has 0 heterocycles. The monoisotopic (exact) mass is 377 g/mol. The topological polar surface area (TPSA) is 83.5 Å². The molecule has 0 atom stereocenters. The molecular weight excluding hydrogens is 342 g/mol. The smallest absolute Gasteiger partial charge is 0.333 e. The zero-order chi connectivity index (χ0) is 19.3. The van der Waals surface area contributed by atoms with Crippen molar-refractivity contribution < 1.29 is 27.0 Å². The summed E-state index contributed by atoms with van der Waals surface area (Å²) in [5, 5.41) is 0. The van der Waals surface area contributed by atoms with Gasteiger partial charge in [0.05, 0.1) is 43.9 Å². The van der Waals surface area contributed by atoms with Crippen molar-refractivity contribution in [1.82, 2.24) is 0 Å². The molecule has 0 aliphatic rings. The van der Waals surface area contributed by atoms with Crippen LogP contribution in [-0.4, -0.2) is 63.0 Å². The molecule has 0 spiro atoms. The van der Waals surface area contributed by atoms with E-state index in [1.165, 1.54) is 0 Å². The summed E-state index contributed by atoms with van der Waals surface area (Å²) in [5.41, 5.74) is 0.434. The SMILES string of the molecule is C=C(C)C(=O)OCCC[N+](C)(C)CCCCCCCCCS(=O)(=O)[O-]. The second-order valence-electron chi connectivity index (χ2n) is 7.39. The molecule has 0 saturated heterocycles. The Morgan fingerprint density at radius 1 is 0.960 bits per heavy atom.